The summed E-state index contributed by atoms with van der Waals surface area (Å²) >= 11 is 1.27. The van der Waals surface area contributed by atoms with Gasteiger partial charge in [-0.1, -0.05) is 6.07 Å². The second-order valence-electron chi connectivity index (χ2n) is 12.7. The summed E-state index contributed by atoms with van der Waals surface area (Å²) in [4.78, 5) is 77.9. The highest BCUT2D eigenvalue weighted by Gasteiger charge is 2.55. The fourth-order valence-electron chi connectivity index (χ4n) is 7.85. The van der Waals surface area contributed by atoms with E-state index in [1.807, 2.05) is 9.80 Å². The second kappa shape index (κ2) is 10.1. The highest BCUT2D eigenvalue weighted by atomic mass is 32.1. The fraction of sp³-hybridized carbons (Fsp3) is 0.586. The zero-order valence-electron chi connectivity index (χ0n) is 23.3. The topological polar surface area (TPSA) is 148 Å². The third-order valence-corrected chi connectivity index (χ3v) is 11.9. The molecule has 1 aromatic heterocycles. The monoisotopic (exact) mass is 614 g/mol. The minimum Gasteiger partial charge on any atom is -0.340 e. The van der Waals surface area contributed by atoms with Crippen molar-refractivity contribution in [2.24, 2.45) is 11.8 Å². The van der Waals surface area contributed by atoms with Gasteiger partial charge in [0.2, 0.25) is 17.7 Å². The van der Waals surface area contributed by atoms with Gasteiger partial charge in [-0.3, -0.25) is 23.7 Å². The van der Waals surface area contributed by atoms with Crippen LogP contribution in [0.15, 0.2) is 24.3 Å². The van der Waals surface area contributed by atoms with Gasteiger partial charge in [0.15, 0.2) is 0 Å². The number of rotatable bonds is 5. The Balaban J connectivity index is 1.09. The van der Waals surface area contributed by atoms with Crippen molar-refractivity contribution in [2.45, 2.75) is 81.8 Å². The van der Waals surface area contributed by atoms with Crippen LogP contribution < -0.4 is 5.32 Å². The largest absolute Gasteiger partial charge is 0.340 e. The molecular weight excluding hydrogens is 579 g/mol. The lowest BCUT2D eigenvalue weighted by Gasteiger charge is -2.47. The van der Waals surface area contributed by atoms with E-state index in [1.54, 1.807) is 36.1 Å². The Kier molecular flexibility index (Phi) is 6.77. The van der Waals surface area contributed by atoms with E-state index in [0.29, 0.717) is 48.2 Å². The van der Waals surface area contributed by atoms with Crippen LogP contribution >= 0.6 is 18.9 Å². The van der Waals surface area contributed by atoms with E-state index >= 15 is 0 Å². The molecule has 7 rings (SSSR count). The molecule has 0 bridgehead atoms. The minimum atomic E-state index is -4.22. The zero-order chi connectivity index (χ0) is 29.5. The number of amides is 4. The van der Waals surface area contributed by atoms with Gasteiger partial charge in [0.05, 0.1) is 23.1 Å². The van der Waals surface area contributed by atoms with Crippen LogP contribution in [0, 0.1) is 11.8 Å². The summed E-state index contributed by atoms with van der Waals surface area (Å²) in [5.74, 6) is 0.347. The van der Waals surface area contributed by atoms with E-state index in [0.717, 1.165) is 35.8 Å². The molecule has 4 aliphatic heterocycles. The van der Waals surface area contributed by atoms with Gasteiger partial charge in [-0.25, -0.2) is 0 Å². The molecule has 5 fully saturated rings. The van der Waals surface area contributed by atoms with Crippen LogP contribution in [0.4, 0.5) is 0 Å². The van der Waals surface area contributed by atoms with E-state index in [1.165, 1.54) is 11.3 Å². The Labute approximate surface area is 247 Å². The lowest BCUT2D eigenvalue weighted by molar-refractivity contribution is -0.152. The van der Waals surface area contributed by atoms with Gasteiger partial charge >= 0.3 is 7.60 Å². The number of nitrogens with zero attached hydrogens (tertiary/aromatic N) is 3. The van der Waals surface area contributed by atoms with Crippen LogP contribution in [0.1, 0.15) is 60.7 Å². The molecule has 1 saturated carbocycles. The number of nitrogens with one attached hydrogen (secondary N) is 1. The summed E-state index contributed by atoms with van der Waals surface area (Å²) in [5.41, 5.74) is 0.492. The molecule has 1 aliphatic carbocycles. The van der Waals surface area contributed by atoms with Gasteiger partial charge in [-0.2, -0.15) is 0 Å². The van der Waals surface area contributed by atoms with Gasteiger partial charge in [0.25, 0.3) is 5.91 Å². The molecule has 4 amide bonds. The number of likely N-dealkylation sites (tertiary alicyclic amines) is 2. The van der Waals surface area contributed by atoms with Crippen LogP contribution in [-0.2, 0) is 25.1 Å². The van der Waals surface area contributed by atoms with E-state index in [4.69, 9.17) is 0 Å². The van der Waals surface area contributed by atoms with Crippen LogP contribution in [0.2, 0.25) is 0 Å². The summed E-state index contributed by atoms with van der Waals surface area (Å²) in [6.07, 6.45) is 4.27. The molecule has 4 saturated heterocycles. The third-order valence-electron chi connectivity index (χ3n) is 10.0. The van der Waals surface area contributed by atoms with E-state index < -0.39 is 19.7 Å². The van der Waals surface area contributed by atoms with Gasteiger partial charge < -0.3 is 29.8 Å². The molecule has 2 aromatic rings. The Morgan fingerprint density at radius 2 is 1.81 bits per heavy atom. The molecule has 11 nitrogen and oxygen atoms in total. The van der Waals surface area contributed by atoms with Crippen LogP contribution in [0.3, 0.4) is 0 Å². The van der Waals surface area contributed by atoms with Crippen molar-refractivity contribution < 1.29 is 33.5 Å². The first-order chi connectivity index (χ1) is 20.0. The van der Waals surface area contributed by atoms with Crippen molar-refractivity contribution >= 4 is 52.6 Å². The predicted octanol–water partition coefficient (Wildman–Crippen LogP) is 2.30. The number of hydrogen-bond acceptors (Lipinski definition) is 6. The molecule has 224 valence electrons. The SMILES string of the molecule is CC(=O)N1CC2C1CCN2C(=O)[C@@H]1CC[C@@H]2C[C@H]3C[C@H]3C[C@H](NC(=O)c3cc4cc(CP(=O)(O)O)ccc4s3)C(=O)N21. The maximum atomic E-state index is 14.1. The number of carbonyl (C=O) groups is 4. The van der Waals surface area contributed by atoms with E-state index in [-0.39, 0.29) is 47.9 Å². The van der Waals surface area contributed by atoms with Gasteiger partial charge in [0.1, 0.15) is 12.1 Å². The van der Waals surface area contributed by atoms with Gasteiger partial charge in [0, 0.05) is 30.8 Å². The average molecular weight is 615 g/mol. The summed E-state index contributed by atoms with van der Waals surface area (Å²) in [6.45, 7) is 2.70. The highest BCUT2D eigenvalue weighted by molar-refractivity contribution is 7.50. The maximum absolute atomic E-state index is 14.1. The molecule has 13 heteroatoms. The third kappa shape index (κ3) is 4.96. The minimum absolute atomic E-state index is 0.00793. The molecule has 0 radical (unpaired) electrons. The van der Waals surface area contributed by atoms with E-state index in [2.05, 4.69) is 5.32 Å². The normalized spacial score (nSPS) is 32.0. The first kappa shape index (κ1) is 28.0. The molecule has 3 N–H and O–H groups in total. The smallest absolute Gasteiger partial charge is 0.329 e. The summed E-state index contributed by atoms with van der Waals surface area (Å²) < 4.78 is 12.2. The van der Waals surface area contributed by atoms with Crippen molar-refractivity contribution in [3.05, 3.63) is 34.7 Å². The first-order valence-corrected chi connectivity index (χ1v) is 17.4. The molecule has 0 spiro atoms. The van der Waals surface area contributed by atoms with Crippen LogP contribution in [0.5, 0.6) is 0 Å². The Morgan fingerprint density at radius 3 is 2.57 bits per heavy atom. The Bertz CT molecular complexity index is 1540. The Morgan fingerprint density at radius 1 is 1.02 bits per heavy atom. The van der Waals surface area contributed by atoms with Gasteiger partial charge in [-0.15, -0.1) is 11.3 Å². The van der Waals surface area contributed by atoms with Crippen LogP contribution in [-0.4, -0.2) is 91.4 Å². The molecule has 2 unspecified atom stereocenters. The van der Waals surface area contributed by atoms with Gasteiger partial charge in [-0.05, 0) is 79.5 Å². The van der Waals surface area contributed by atoms with Crippen molar-refractivity contribution in [3.8, 4) is 0 Å². The Hall–Kier alpha value is -2.79. The highest BCUT2D eigenvalue weighted by Crippen LogP contribution is 2.50. The maximum Gasteiger partial charge on any atom is 0.329 e. The molecule has 7 atom stereocenters. The molecule has 5 aliphatic rings. The fourth-order valence-corrected chi connectivity index (χ4v) is 9.47. The number of benzene rings is 1. The number of carbonyl (C=O) groups excluding carboxylic acids is 4. The summed E-state index contributed by atoms with van der Waals surface area (Å²) in [5, 5.41) is 3.72. The second-order valence-corrected chi connectivity index (χ2v) is 15.4. The lowest BCUT2D eigenvalue weighted by Crippen LogP contribution is -2.65. The summed E-state index contributed by atoms with van der Waals surface area (Å²) in [7, 11) is -4.22. The van der Waals surface area contributed by atoms with Crippen molar-refractivity contribution in [1.29, 1.82) is 0 Å². The number of fused-ring (bicyclic) bond motifs is 4. The van der Waals surface area contributed by atoms with E-state index in [9.17, 15) is 33.5 Å². The predicted molar refractivity (Wildman–Crippen MR) is 155 cm³/mol. The average Bonchev–Trinajstić information content (AvgIpc) is 3.20. The van der Waals surface area contributed by atoms with Crippen molar-refractivity contribution in [1.82, 2.24) is 20.0 Å². The molecular formula is C29H35N4O7PS. The van der Waals surface area contributed by atoms with Crippen molar-refractivity contribution in [2.75, 3.05) is 13.1 Å². The standard InChI is InChI=1S/C29H35N4O7PS/c1-15(34)32-13-24-22(32)6-7-31(24)29(37)23-4-3-20-10-17-9-18(17)11-21(28(36)33(20)23)30-27(35)26-12-19-8-16(14-41(38,39)40)2-5-25(19)42-26/h2,5,8,12,17-18,20-24H,3-4,6-7,9-11,13-14H2,1H3,(H,30,35)(H2,38,39,40)/t17-,18+,20-,21+,22?,23+,24?/m1/s1. The summed E-state index contributed by atoms with van der Waals surface area (Å²) in [6, 6.07) is 5.60. The number of hydrogen-bond donors (Lipinski definition) is 3. The van der Waals surface area contributed by atoms with Crippen molar-refractivity contribution in [3.63, 3.8) is 0 Å². The molecule has 1 aromatic carbocycles. The number of thiophene rings is 1. The molecule has 42 heavy (non-hydrogen) atoms. The zero-order valence-corrected chi connectivity index (χ0v) is 25.1. The first-order valence-electron chi connectivity index (χ1n) is 14.7. The lowest BCUT2D eigenvalue weighted by atomic mass is 9.96. The quantitative estimate of drug-likeness (QED) is 0.438. The van der Waals surface area contributed by atoms with Crippen LogP contribution in [0.25, 0.3) is 10.1 Å². The molecule has 5 heterocycles.